The molecular weight excluding hydrogens is 355 g/mol. The summed E-state index contributed by atoms with van der Waals surface area (Å²) in [5.41, 5.74) is 14.4. The van der Waals surface area contributed by atoms with E-state index in [9.17, 15) is 4.39 Å². The molecule has 0 radical (unpaired) electrons. The third-order valence-electron chi connectivity index (χ3n) is 4.85. The molecule has 1 saturated carbocycles. The molecule has 0 saturated heterocycles. The summed E-state index contributed by atoms with van der Waals surface area (Å²) in [6.07, 6.45) is 5.91. The summed E-state index contributed by atoms with van der Waals surface area (Å²) in [7, 11) is 0. The second-order valence-electron chi connectivity index (χ2n) is 6.78. The molecule has 2 aromatic heterocycles. The van der Waals surface area contributed by atoms with Crippen molar-refractivity contribution in [3.8, 4) is 0 Å². The smallest absolute Gasteiger partial charge is 0.177 e. The lowest BCUT2D eigenvalue weighted by Gasteiger charge is -2.24. The second kappa shape index (κ2) is 6.74. The van der Waals surface area contributed by atoms with Crippen molar-refractivity contribution in [2.75, 3.05) is 11.1 Å². The minimum absolute atomic E-state index is 0.280. The maximum atomic E-state index is 14.1. The van der Waals surface area contributed by atoms with Gasteiger partial charge in [-0.05, 0) is 43.9 Å². The average Bonchev–Trinajstić information content (AvgIpc) is 3.02. The number of anilines is 3. The minimum atomic E-state index is -0.445. The van der Waals surface area contributed by atoms with Crippen LogP contribution in [0.1, 0.15) is 37.3 Å². The van der Waals surface area contributed by atoms with E-state index in [4.69, 9.17) is 28.1 Å². The highest BCUT2D eigenvalue weighted by Crippen LogP contribution is 2.33. The van der Waals surface area contributed by atoms with Gasteiger partial charge in [-0.3, -0.25) is 0 Å². The molecule has 0 atom stereocenters. The maximum absolute atomic E-state index is 14.1. The van der Waals surface area contributed by atoms with Gasteiger partial charge in [0.05, 0.1) is 23.3 Å². The average molecular weight is 375 g/mol. The molecule has 0 spiro atoms. The summed E-state index contributed by atoms with van der Waals surface area (Å²) in [5.74, 6) is 0.237. The molecule has 0 aliphatic heterocycles. The predicted molar refractivity (Wildman–Crippen MR) is 101 cm³/mol. The van der Waals surface area contributed by atoms with E-state index in [0.29, 0.717) is 33.8 Å². The van der Waals surface area contributed by atoms with Crippen LogP contribution >= 0.6 is 11.6 Å². The Morgan fingerprint density at radius 2 is 1.92 bits per heavy atom. The van der Waals surface area contributed by atoms with Crippen molar-refractivity contribution in [1.29, 1.82) is 0 Å². The Balaban J connectivity index is 1.70. The molecule has 0 unspecified atom stereocenters. The van der Waals surface area contributed by atoms with Gasteiger partial charge >= 0.3 is 0 Å². The molecule has 26 heavy (non-hydrogen) atoms. The number of halogens is 2. The van der Waals surface area contributed by atoms with Gasteiger partial charge in [-0.15, -0.1) is 5.10 Å². The molecule has 1 fully saturated rings. The highest BCUT2D eigenvalue weighted by Gasteiger charge is 2.23. The first-order valence-corrected chi connectivity index (χ1v) is 9.01. The van der Waals surface area contributed by atoms with Crippen molar-refractivity contribution in [2.45, 2.75) is 37.6 Å². The summed E-state index contributed by atoms with van der Waals surface area (Å²) < 4.78 is 15.8. The first-order chi connectivity index (χ1) is 12.5. The number of nitrogens with two attached hydrogens (primary N) is 2. The Bertz CT molecular complexity index is 948. The zero-order valence-electron chi connectivity index (χ0n) is 14.1. The number of nitrogens with zero attached hydrogens (tertiary/aromatic N) is 3. The van der Waals surface area contributed by atoms with E-state index >= 15 is 0 Å². The van der Waals surface area contributed by atoms with Gasteiger partial charge in [-0.1, -0.05) is 11.6 Å². The molecule has 5 N–H and O–H groups in total. The van der Waals surface area contributed by atoms with Crippen LogP contribution in [0.3, 0.4) is 0 Å². The van der Waals surface area contributed by atoms with Gasteiger partial charge in [-0.25, -0.2) is 13.9 Å². The monoisotopic (exact) mass is 374 g/mol. The number of nitrogens with one attached hydrogen (secondary N) is 1. The number of fused-ring (bicyclic) bond motifs is 1. The van der Waals surface area contributed by atoms with E-state index in [2.05, 4.69) is 10.4 Å². The largest absolute Gasteiger partial charge is 0.382 e. The van der Waals surface area contributed by atoms with Crippen LogP contribution in [0.15, 0.2) is 30.5 Å². The second-order valence-corrected chi connectivity index (χ2v) is 7.21. The van der Waals surface area contributed by atoms with Crippen molar-refractivity contribution < 1.29 is 4.39 Å². The van der Waals surface area contributed by atoms with Crippen LogP contribution in [0.4, 0.5) is 21.6 Å². The van der Waals surface area contributed by atoms with E-state index in [1.807, 2.05) is 6.20 Å². The van der Waals surface area contributed by atoms with E-state index in [-0.39, 0.29) is 6.04 Å². The van der Waals surface area contributed by atoms with Crippen molar-refractivity contribution in [1.82, 2.24) is 14.6 Å². The van der Waals surface area contributed by atoms with Gasteiger partial charge in [0, 0.05) is 23.0 Å². The number of nitrogen functional groups attached to an aromatic ring is 1. The summed E-state index contributed by atoms with van der Waals surface area (Å²) in [6.45, 7) is 0. The van der Waals surface area contributed by atoms with Gasteiger partial charge in [0.25, 0.3) is 0 Å². The first-order valence-electron chi connectivity index (χ1n) is 8.63. The maximum Gasteiger partial charge on any atom is 0.177 e. The fourth-order valence-electron chi connectivity index (χ4n) is 3.45. The van der Waals surface area contributed by atoms with Crippen LogP contribution < -0.4 is 16.8 Å². The van der Waals surface area contributed by atoms with Crippen molar-refractivity contribution in [3.63, 3.8) is 0 Å². The van der Waals surface area contributed by atoms with E-state index in [0.717, 1.165) is 31.4 Å². The Labute approximate surface area is 155 Å². The van der Waals surface area contributed by atoms with Gasteiger partial charge in [-0.2, -0.15) is 0 Å². The lowest BCUT2D eigenvalue weighted by molar-refractivity contribution is 0.391. The van der Waals surface area contributed by atoms with Crippen molar-refractivity contribution in [3.05, 3.63) is 47.0 Å². The quantitative estimate of drug-likeness (QED) is 0.647. The summed E-state index contributed by atoms with van der Waals surface area (Å²) >= 11 is 5.82. The molecule has 1 aromatic carbocycles. The Hall–Kier alpha value is -2.38. The number of imidazole rings is 1. The van der Waals surface area contributed by atoms with E-state index in [1.54, 1.807) is 22.7 Å². The molecule has 2 heterocycles. The number of aromatic nitrogens is 3. The van der Waals surface area contributed by atoms with Gasteiger partial charge in [0.1, 0.15) is 11.6 Å². The van der Waals surface area contributed by atoms with E-state index < -0.39 is 5.82 Å². The van der Waals surface area contributed by atoms with Crippen LogP contribution in [0.25, 0.3) is 5.65 Å². The molecular formula is C18H20ClFN6. The number of benzene rings is 1. The highest BCUT2D eigenvalue weighted by molar-refractivity contribution is 6.30. The summed E-state index contributed by atoms with van der Waals surface area (Å²) in [6, 6.07) is 6.39. The van der Waals surface area contributed by atoms with Crippen LogP contribution in [-0.2, 0) is 0 Å². The van der Waals surface area contributed by atoms with Gasteiger partial charge in [0.15, 0.2) is 5.65 Å². The number of rotatable bonds is 3. The molecule has 6 nitrogen and oxygen atoms in total. The van der Waals surface area contributed by atoms with Crippen molar-refractivity contribution >= 4 is 34.4 Å². The number of hydrogen-bond donors (Lipinski definition) is 3. The van der Waals surface area contributed by atoms with Crippen LogP contribution in [0.2, 0.25) is 5.02 Å². The van der Waals surface area contributed by atoms with Crippen molar-refractivity contribution in [2.24, 2.45) is 5.73 Å². The Morgan fingerprint density at radius 3 is 2.65 bits per heavy atom. The normalized spacial score (nSPS) is 20.4. The first kappa shape index (κ1) is 17.1. The Kier molecular flexibility index (Phi) is 4.42. The third-order valence-corrected chi connectivity index (χ3v) is 5.09. The summed E-state index contributed by atoms with van der Waals surface area (Å²) in [5, 5.41) is 7.69. The third kappa shape index (κ3) is 3.32. The van der Waals surface area contributed by atoms with Gasteiger partial charge in [0.2, 0.25) is 0 Å². The zero-order chi connectivity index (χ0) is 18.3. The van der Waals surface area contributed by atoms with Crippen LogP contribution in [0.5, 0.6) is 0 Å². The lowest BCUT2D eigenvalue weighted by atomic mass is 9.85. The predicted octanol–water partition coefficient (Wildman–Crippen LogP) is 3.83. The zero-order valence-corrected chi connectivity index (χ0v) is 14.9. The SMILES string of the molecule is Nc1cc(Nc2ccc(Cl)cc2F)c2nc([C@H]3CC[C@H](N)CC3)cn2n1. The molecule has 0 bridgehead atoms. The number of hydrogen-bond acceptors (Lipinski definition) is 5. The standard InChI is InChI=1S/C18H20ClFN6/c19-11-3-6-14(13(20)7-11)23-15-8-17(22)25-26-9-16(24-18(15)26)10-1-4-12(21)5-2-10/h3,6-10,12,23H,1-2,4-5,21H2,(H2,22,25)/t10-,12-. The molecule has 136 valence electrons. The van der Waals surface area contributed by atoms with Crippen LogP contribution in [-0.4, -0.2) is 20.6 Å². The fraction of sp³-hybridized carbons (Fsp3) is 0.333. The van der Waals surface area contributed by atoms with E-state index in [1.165, 1.54) is 6.07 Å². The topological polar surface area (TPSA) is 94.3 Å². The molecule has 1 aliphatic rings. The minimum Gasteiger partial charge on any atom is -0.382 e. The molecule has 8 heteroatoms. The summed E-state index contributed by atoms with van der Waals surface area (Å²) in [4.78, 5) is 4.74. The highest BCUT2D eigenvalue weighted by atomic mass is 35.5. The molecule has 0 amide bonds. The fourth-order valence-corrected chi connectivity index (χ4v) is 3.61. The van der Waals surface area contributed by atoms with Crippen LogP contribution in [0, 0.1) is 5.82 Å². The molecule has 3 aromatic rings. The molecule has 1 aliphatic carbocycles. The van der Waals surface area contributed by atoms with Gasteiger partial charge < -0.3 is 16.8 Å². The molecule has 4 rings (SSSR count). The Morgan fingerprint density at radius 1 is 1.15 bits per heavy atom. The lowest BCUT2D eigenvalue weighted by Crippen LogP contribution is -2.25.